The molecule has 5 nitrogen and oxygen atoms in total. The number of anilines is 1. The molecule has 2 aliphatic heterocycles. The van der Waals surface area contributed by atoms with Crippen molar-refractivity contribution in [2.24, 2.45) is 0 Å². The van der Waals surface area contributed by atoms with Gasteiger partial charge in [-0.15, -0.1) is 0 Å². The highest BCUT2D eigenvalue weighted by Gasteiger charge is 2.31. The van der Waals surface area contributed by atoms with Crippen LogP contribution in [0.5, 0.6) is 5.75 Å². The molecule has 2 heterocycles. The molecule has 0 bridgehead atoms. The summed E-state index contributed by atoms with van der Waals surface area (Å²) in [4.78, 5) is 17.3. The molecule has 1 atom stereocenters. The van der Waals surface area contributed by atoms with Gasteiger partial charge in [0.05, 0.1) is 12.7 Å². The molecule has 5 heteroatoms. The number of methoxy groups -OCH3 is 1. The smallest absolute Gasteiger partial charge is 0.256 e. The second kappa shape index (κ2) is 5.93. The fourth-order valence-electron chi connectivity index (χ4n) is 3.41. The number of benzene rings is 1. The van der Waals surface area contributed by atoms with E-state index >= 15 is 0 Å². The number of ether oxygens (including phenoxy) is 1. The van der Waals surface area contributed by atoms with Crippen molar-refractivity contribution in [3.8, 4) is 5.75 Å². The minimum absolute atomic E-state index is 0.0279. The van der Waals surface area contributed by atoms with E-state index in [4.69, 9.17) is 10.5 Å². The zero-order valence-electron chi connectivity index (χ0n) is 12.5. The lowest BCUT2D eigenvalue weighted by Crippen LogP contribution is -2.39. The van der Waals surface area contributed by atoms with Crippen molar-refractivity contribution in [2.75, 3.05) is 39.0 Å². The monoisotopic (exact) mass is 289 g/mol. The molecule has 0 aromatic heterocycles. The van der Waals surface area contributed by atoms with Crippen LogP contribution in [0.1, 0.15) is 29.6 Å². The molecule has 21 heavy (non-hydrogen) atoms. The predicted octanol–water partition coefficient (Wildman–Crippen LogP) is 1.59. The molecule has 1 unspecified atom stereocenters. The second-order valence-electron chi connectivity index (χ2n) is 5.89. The molecule has 2 saturated heterocycles. The first-order valence-corrected chi connectivity index (χ1v) is 7.66. The first-order chi connectivity index (χ1) is 10.2. The molecule has 3 rings (SSSR count). The van der Waals surface area contributed by atoms with Crippen LogP contribution in [0.15, 0.2) is 18.2 Å². The predicted molar refractivity (Wildman–Crippen MR) is 82.5 cm³/mol. The zero-order valence-corrected chi connectivity index (χ0v) is 12.5. The van der Waals surface area contributed by atoms with Crippen LogP contribution in [0.4, 0.5) is 5.69 Å². The number of nitrogen functional groups attached to an aromatic ring is 1. The van der Waals surface area contributed by atoms with Crippen LogP contribution in [0.2, 0.25) is 0 Å². The van der Waals surface area contributed by atoms with E-state index in [1.54, 1.807) is 25.3 Å². The Bertz CT molecular complexity index is 532. The summed E-state index contributed by atoms with van der Waals surface area (Å²) in [5.74, 6) is 0.699. The Morgan fingerprint density at radius 2 is 2.10 bits per heavy atom. The Morgan fingerprint density at radius 3 is 2.90 bits per heavy atom. The van der Waals surface area contributed by atoms with Gasteiger partial charge in [-0.25, -0.2) is 0 Å². The first kappa shape index (κ1) is 14.2. The van der Waals surface area contributed by atoms with Gasteiger partial charge in [0, 0.05) is 31.4 Å². The molecule has 2 N–H and O–H groups in total. The summed E-state index contributed by atoms with van der Waals surface area (Å²) in [6.45, 7) is 3.90. The maximum atomic E-state index is 12.8. The minimum atomic E-state index is 0.0279. The maximum Gasteiger partial charge on any atom is 0.256 e. The average molecular weight is 289 g/mol. The fraction of sp³-hybridized carbons (Fsp3) is 0.562. The van der Waals surface area contributed by atoms with Crippen LogP contribution in [0.3, 0.4) is 0 Å². The third-order valence-corrected chi connectivity index (χ3v) is 4.58. The van der Waals surface area contributed by atoms with E-state index in [1.165, 1.54) is 19.4 Å². The molecular formula is C16H23N3O2. The van der Waals surface area contributed by atoms with Crippen LogP contribution in [0, 0.1) is 0 Å². The van der Waals surface area contributed by atoms with Crippen molar-refractivity contribution in [1.29, 1.82) is 0 Å². The van der Waals surface area contributed by atoms with E-state index in [0.29, 0.717) is 23.0 Å². The lowest BCUT2D eigenvalue weighted by Gasteiger charge is -2.26. The van der Waals surface area contributed by atoms with E-state index in [1.807, 2.05) is 4.90 Å². The van der Waals surface area contributed by atoms with E-state index in [2.05, 4.69) is 4.90 Å². The Balaban J connectivity index is 1.80. The number of hydrogen-bond donors (Lipinski definition) is 1. The highest BCUT2D eigenvalue weighted by molar-refractivity contribution is 5.99. The summed E-state index contributed by atoms with van der Waals surface area (Å²) < 4.78 is 5.21. The molecule has 2 aliphatic rings. The Labute approximate surface area is 125 Å². The van der Waals surface area contributed by atoms with Gasteiger partial charge in [0.2, 0.25) is 0 Å². The lowest BCUT2D eigenvalue weighted by atomic mass is 10.1. The van der Waals surface area contributed by atoms with Crippen molar-refractivity contribution in [1.82, 2.24) is 9.80 Å². The van der Waals surface area contributed by atoms with Gasteiger partial charge in [-0.05, 0) is 44.0 Å². The molecule has 0 aliphatic carbocycles. The van der Waals surface area contributed by atoms with E-state index in [9.17, 15) is 4.79 Å². The van der Waals surface area contributed by atoms with Crippen LogP contribution in [-0.2, 0) is 0 Å². The summed E-state index contributed by atoms with van der Waals surface area (Å²) in [5, 5.41) is 0. The largest absolute Gasteiger partial charge is 0.497 e. The number of hydrogen-bond acceptors (Lipinski definition) is 4. The molecule has 0 spiro atoms. The van der Waals surface area contributed by atoms with Gasteiger partial charge >= 0.3 is 0 Å². The molecule has 0 radical (unpaired) electrons. The van der Waals surface area contributed by atoms with Crippen molar-refractivity contribution >= 4 is 11.6 Å². The number of carbonyl (C=O) groups excluding carboxylic acids is 1. The summed E-state index contributed by atoms with van der Waals surface area (Å²) in [7, 11) is 1.60. The highest BCUT2D eigenvalue weighted by atomic mass is 16.5. The zero-order chi connectivity index (χ0) is 14.8. The van der Waals surface area contributed by atoms with Gasteiger partial charge in [0.1, 0.15) is 5.75 Å². The number of rotatable bonds is 2. The molecule has 114 valence electrons. The van der Waals surface area contributed by atoms with Crippen molar-refractivity contribution in [3.63, 3.8) is 0 Å². The second-order valence-corrected chi connectivity index (χ2v) is 5.89. The third-order valence-electron chi connectivity index (χ3n) is 4.58. The van der Waals surface area contributed by atoms with Gasteiger partial charge in [0.15, 0.2) is 0 Å². The van der Waals surface area contributed by atoms with Crippen LogP contribution in [-0.4, -0.2) is 55.0 Å². The topological polar surface area (TPSA) is 58.8 Å². The number of nitrogens with zero attached hydrogens (tertiary/aromatic N) is 2. The highest BCUT2D eigenvalue weighted by Crippen LogP contribution is 2.25. The quantitative estimate of drug-likeness (QED) is 0.840. The summed E-state index contributed by atoms with van der Waals surface area (Å²) >= 11 is 0. The molecule has 1 amide bonds. The molecule has 0 saturated carbocycles. The summed E-state index contributed by atoms with van der Waals surface area (Å²) in [6.07, 6.45) is 3.47. The van der Waals surface area contributed by atoms with Crippen LogP contribution in [0.25, 0.3) is 0 Å². The Hall–Kier alpha value is -1.75. The fourth-order valence-corrected chi connectivity index (χ4v) is 3.41. The minimum Gasteiger partial charge on any atom is -0.497 e. The number of fused-ring (bicyclic) bond motifs is 1. The van der Waals surface area contributed by atoms with Gasteiger partial charge in [-0.1, -0.05) is 0 Å². The van der Waals surface area contributed by atoms with Gasteiger partial charge < -0.3 is 15.4 Å². The average Bonchev–Trinajstić information content (AvgIpc) is 2.84. The van der Waals surface area contributed by atoms with Crippen LogP contribution >= 0.6 is 0 Å². The van der Waals surface area contributed by atoms with Crippen molar-refractivity contribution < 1.29 is 9.53 Å². The molecular weight excluding hydrogens is 266 g/mol. The third kappa shape index (κ3) is 2.83. The Morgan fingerprint density at radius 1 is 1.29 bits per heavy atom. The SMILES string of the molecule is COc1ccc(N)c(C(=O)N2CCCN3CCCC3C2)c1. The summed E-state index contributed by atoms with van der Waals surface area (Å²) in [6, 6.07) is 5.79. The summed E-state index contributed by atoms with van der Waals surface area (Å²) in [5.41, 5.74) is 7.06. The van der Waals surface area contributed by atoms with Gasteiger partial charge in [-0.3, -0.25) is 9.69 Å². The van der Waals surface area contributed by atoms with Crippen molar-refractivity contribution in [3.05, 3.63) is 23.8 Å². The normalized spacial score (nSPS) is 22.7. The Kier molecular flexibility index (Phi) is 4.01. The number of amides is 1. The first-order valence-electron chi connectivity index (χ1n) is 7.66. The maximum absolute atomic E-state index is 12.8. The lowest BCUT2D eigenvalue weighted by molar-refractivity contribution is 0.0744. The van der Waals surface area contributed by atoms with E-state index in [-0.39, 0.29) is 5.91 Å². The van der Waals surface area contributed by atoms with E-state index in [0.717, 1.165) is 26.1 Å². The number of nitrogens with two attached hydrogens (primary N) is 1. The van der Waals surface area contributed by atoms with E-state index < -0.39 is 0 Å². The number of carbonyl (C=O) groups is 1. The molecule has 1 aromatic rings. The van der Waals surface area contributed by atoms with Gasteiger partial charge in [-0.2, -0.15) is 0 Å². The van der Waals surface area contributed by atoms with Crippen molar-refractivity contribution in [2.45, 2.75) is 25.3 Å². The standard InChI is InChI=1S/C16H23N3O2/c1-21-13-5-6-15(17)14(10-13)16(20)19-9-3-8-18-7-2-4-12(18)11-19/h5-6,10,12H,2-4,7-9,11,17H2,1H3. The molecule has 2 fully saturated rings. The van der Waals surface area contributed by atoms with Gasteiger partial charge in [0.25, 0.3) is 5.91 Å². The molecule has 1 aromatic carbocycles. The van der Waals surface area contributed by atoms with Crippen LogP contribution < -0.4 is 10.5 Å².